The lowest BCUT2D eigenvalue weighted by Crippen LogP contribution is -2.31. The second kappa shape index (κ2) is 10.0. The number of Topliss-reactive ketones (excluding diaryl/α,β-unsaturated/α-hetero) is 1. The number of hydrogen-bond acceptors (Lipinski definition) is 5. The first kappa shape index (κ1) is 24.6. The summed E-state index contributed by atoms with van der Waals surface area (Å²) in [5, 5.41) is 3.62. The number of sulfonamides is 1. The van der Waals surface area contributed by atoms with Crippen molar-refractivity contribution in [2.24, 2.45) is 0 Å². The molecule has 0 bridgehead atoms. The van der Waals surface area contributed by atoms with Gasteiger partial charge in [0.15, 0.2) is 5.78 Å². The lowest BCUT2D eigenvalue weighted by Gasteiger charge is -2.24. The molecule has 0 aliphatic rings. The van der Waals surface area contributed by atoms with Gasteiger partial charge in [0.25, 0.3) is 15.9 Å². The topological polar surface area (TPSA) is 83.6 Å². The van der Waals surface area contributed by atoms with Gasteiger partial charge in [0, 0.05) is 22.5 Å². The molecule has 4 rings (SSSR count). The van der Waals surface area contributed by atoms with Crippen LogP contribution in [-0.2, 0) is 10.0 Å². The summed E-state index contributed by atoms with van der Waals surface area (Å²) in [7, 11) is -3.73. The van der Waals surface area contributed by atoms with E-state index in [0.717, 1.165) is 15.6 Å². The Labute approximate surface area is 209 Å². The Hall–Kier alpha value is -3.49. The molecule has 180 valence electrons. The minimum atomic E-state index is -3.73. The molecular weight excluding hydrogens is 480 g/mol. The highest BCUT2D eigenvalue weighted by atomic mass is 32.2. The van der Waals surface area contributed by atoms with Crippen LogP contribution in [0.4, 0.5) is 11.4 Å². The number of ketones is 1. The van der Waals surface area contributed by atoms with Crippen LogP contribution < -0.4 is 9.62 Å². The van der Waals surface area contributed by atoms with Gasteiger partial charge in [-0.3, -0.25) is 13.9 Å². The van der Waals surface area contributed by atoms with Gasteiger partial charge in [0.05, 0.1) is 15.5 Å². The van der Waals surface area contributed by atoms with Crippen molar-refractivity contribution in [3.05, 3.63) is 88.8 Å². The van der Waals surface area contributed by atoms with Crippen LogP contribution >= 0.6 is 11.3 Å². The molecular formula is C27H26N2O4S2. The molecule has 0 aliphatic carbocycles. The molecule has 0 spiro atoms. The Balaban J connectivity index is 1.64. The summed E-state index contributed by atoms with van der Waals surface area (Å²) in [6.07, 6.45) is 0.653. The fraction of sp³-hybridized carbons (Fsp3) is 0.185. The zero-order valence-electron chi connectivity index (χ0n) is 19.7. The summed E-state index contributed by atoms with van der Waals surface area (Å²) in [5.41, 5.74) is 2.61. The first-order chi connectivity index (χ1) is 16.7. The number of carbonyl (C=O) groups excluding carboxylic acids is 2. The SMILES string of the molecule is CCCN(c1ccc2sc(C(=O)Nc3cccc(C(C)=O)c3)cc2c1)S(=O)(=O)c1ccc(C)cc1. The van der Waals surface area contributed by atoms with Crippen LogP contribution in [0.3, 0.4) is 0 Å². The standard InChI is InChI=1S/C27H26N2O4S2/c1-4-14-29(35(32,33)24-11-8-18(2)9-12-24)23-10-13-25-21(16-23)17-26(34-25)27(31)28-22-7-5-6-20(15-22)19(3)30/h5-13,15-17H,4,14H2,1-3H3,(H,28,31). The fourth-order valence-electron chi connectivity index (χ4n) is 3.74. The first-order valence-corrected chi connectivity index (χ1v) is 13.5. The van der Waals surface area contributed by atoms with E-state index in [9.17, 15) is 18.0 Å². The number of benzene rings is 3. The van der Waals surface area contributed by atoms with Crippen molar-refractivity contribution >= 4 is 54.5 Å². The molecule has 0 atom stereocenters. The molecule has 1 heterocycles. The Bertz CT molecular complexity index is 1510. The summed E-state index contributed by atoms with van der Waals surface area (Å²) in [6.45, 7) is 5.67. The molecule has 6 nitrogen and oxygen atoms in total. The maximum absolute atomic E-state index is 13.4. The molecule has 0 aliphatic heterocycles. The molecule has 0 saturated carbocycles. The third-order valence-electron chi connectivity index (χ3n) is 5.57. The van der Waals surface area contributed by atoms with Gasteiger partial charge >= 0.3 is 0 Å². The molecule has 1 aromatic heterocycles. The normalized spacial score (nSPS) is 11.4. The number of amides is 1. The van der Waals surface area contributed by atoms with Crippen molar-refractivity contribution in [1.82, 2.24) is 0 Å². The van der Waals surface area contributed by atoms with Gasteiger partial charge in [-0.05, 0) is 74.2 Å². The molecule has 8 heteroatoms. The second-order valence-electron chi connectivity index (χ2n) is 8.31. The van der Waals surface area contributed by atoms with E-state index < -0.39 is 10.0 Å². The molecule has 4 aromatic rings. The number of thiophene rings is 1. The van der Waals surface area contributed by atoms with E-state index in [4.69, 9.17) is 0 Å². The van der Waals surface area contributed by atoms with Gasteiger partial charge in [-0.1, -0.05) is 36.8 Å². The third-order valence-corrected chi connectivity index (χ3v) is 8.53. The lowest BCUT2D eigenvalue weighted by atomic mass is 10.1. The molecule has 3 aromatic carbocycles. The molecule has 1 N–H and O–H groups in total. The Morgan fingerprint density at radius 2 is 1.71 bits per heavy atom. The van der Waals surface area contributed by atoms with Gasteiger partial charge in [-0.25, -0.2) is 8.42 Å². The average Bonchev–Trinajstić information content (AvgIpc) is 3.26. The fourth-order valence-corrected chi connectivity index (χ4v) is 6.22. The van der Waals surface area contributed by atoms with Crippen molar-refractivity contribution < 1.29 is 18.0 Å². The van der Waals surface area contributed by atoms with Crippen molar-refractivity contribution in [1.29, 1.82) is 0 Å². The zero-order chi connectivity index (χ0) is 25.2. The van der Waals surface area contributed by atoms with Crippen LogP contribution in [0.25, 0.3) is 10.1 Å². The summed E-state index contributed by atoms with van der Waals surface area (Å²) < 4.78 is 29.1. The van der Waals surface area contributed by atoms with E-state index in [2.05, 4.69) is 5.32 Å². The maximum Gasteiger partial charge on any atom is 0.265 e. The van der Waals surface area contributed by atoms with E-state index in [1.807, 2.05) is 19.9 Å². The van der Waals surface area contributed by atoms with E-state index in [-0.39, 0.29) is 16.6 Å². The van der Waals surface area contributed by atoms with Crippen LogP contribution in [0.5, 0.6) is 0 Å². The minimum Gasteiger partial charge on any atom is -0.321 e. The summed E-state index contributed by atoms with van der Waals surface area (Å²) in [5.74, 6) is -0.362. The Morgan fingerprint density at radius 3 is 2.40 bits per heavy atom. The quantitative estimate of drug-likeness (QED) is 0.286. The van der Waals surface area contributed by atoms with Gasteiger partial charge in [0.1, 0.15) is 0 Å². The van der Waals surface area contributed by atoms with E-state index >= 15 is 0 Å². The third kappa shape index (κ3) is 5.28. The molecule has 0 unspecified atom stereocenters. The molecule has 0 radical (unpaired) electrons. The zero-order valence-corrected chi connectivity index (χ0v) is 21.4. The number of rotatable bonds is 8. The smallest absolute Gasteiger partial charge is 0.265 e. The van der Waals surface area contributed by atoms with Crippen LogP contribution in [0.1, 0.15) is 45.9 Å². The summed E-state index contributed by atoms with van der Waals surface area (Å²) in [6, 6.07) is 20.8. The van der Waals surface area contributed by atoms with Gasteiger partial charge in [0.2, 0.25) is 0 Å². The van der Waals surface area contributed by atoms with E-state index in [1.54, 1.807) is 66.7 Å². The van der Waals surface area contributed by atoms with Crippen molar-refractivity contribution in [3.8, 4) is 0 Å². The number of fused-ring (bicyclic) bond motifs is 1. The van der Waals surface area contributed by atoms with Gasteiger partial charge < -0.3 is 5.32 Å². The van der Waals surface area contributed by atoms with Crippen molar-refractivity contribution in [3.63, 3.8) is 0 Å². The van der Waals surface area contributed by atoms with Crippen LogP contribution in [-0.4, -0.2) is 26.7 Å². The Kier molecular flexibility index (Phi) is 7.05. The highest BCUT2D eigenvalue weighted by Gasteiger charge is 2.25. The number of nitrogens with one attached hydrogen (secondary N) is 1. The highest BCUT2D eigenvalue weighted by Crippen LogP contribution is 2.32. The maximum atomic E-state index is 13.4. The van der Waals surface area contributed by atoms with E-state index in [0.29, 0.717) is 34.8 Å². The highest BCUT2D eigenvalue weighted by molar-refractivity contribution is 7.92. The van der Waals surface area contributed by atoms with Gasteiger partial charge in [-0.15, -0.1) is 11.3 Å². The van der Waals surface area contributed by atoms with Crippen LogP contribution in [0.2, 0.25) is 0 Å². The summed E-state index contributed by atoms with van der Waals surface area (Å²) in [4.78, 5) is 25.2. The number of aryl methyl sites for hydroxylation is 1. The largest absolute Gasteiger partial charge is 0.321 e. The van der Waals surface area contributed by atoms with Crippen LogP contribution in [0.15, 0.2) is 77.7 Å². The predicted octanol–water partition coefficient (Wildman–Crippen LogP) is 6.27. The first-order valence-electron chi connectivity index (χ1n) is 11.2. The molecule has 0 saturated heterocycles. The number of nitrogens with zero attached hydrogens (tertiary/aromatic N) is 1. The minimum absolute atomic E-state index is 0.0762. The van der Waals surface area contributed by atoms with Gasteiger partial charge in [-0.2, -0.15) is 0 Å². The molecule has 0 fully saturated rings. The molecule has 1 amide bonds. The lowest BCUT2D eigenvalue weighted by molar-refractivity contribution is 0.101. The van der Waals surface area contributed by atoms with Crippen LogP contribution in [0, 0.1) is 6.92 Å². The number of anilines is 2. The number of hydrogen-bond donors (Lipinski definition) is 1. The summed E-state index contributed by atoms with van der Waals surface area (Å²) >= 11 is 1.33. The monoisotopic (exact) mass is 506 g/mol. The second-order valence-corrected chi connectivity index (χ2v) is 11.3. The van der Waals surface area contributed by atoms with E-state index in [1.165, 1.54) is 22.6 Å². The van der Waals surface area contributed by atoms with Crippen molar-refractivity contribution in [2.75, 3.05) is 16.2 Å². The number of carbonyl (C=O) groups is 2. The predicted molar refractivity (Wildman–Crippen MR) is 142 cm³/mol. The average molecular weight is 507 g/mol. The van der Waals surface area contributed by atoms with Crippen molar-refractivity contribution in [2.45, 2.75) is 32.1 Å². The molecule has 35 heavy (non-hydrogen) atoms. The Morgan fingerprint density at radius 1 is 0.971 bits per heavy atom.